The van der Waals surface area contributed by atoms with Gasteiger partial charge in [-0.15, -0.1) is 0 Å². The summed E-state index contributed by atoms with van der Waals surface area (Å²) in [5, 5.41) is 0.820. The number of benzene rings is 2. The summed E-state index contributed by atoms with van der Waals surface area (Å²) in [6.45, 7) is 4.47. The Balaban J connectivity index is 1.17. The normalized spacial score (nSPS) is 25.6. The molecule has 0 aliphatic carbocycles. The van der Waals surface area contributed by atoms with E-state index in [1.807, 2.05) is 24.4 Å². The van der Waals surface area contributed by atoms with E-state index in [0.717, 1.165) is 74.0 Å². The van der Waals surface area contributed by atoms with Gasteiger partial charge in [0, 0.05) is 42.4 Å². The Bertz CT molecular complexity index is 1210. The molecule has 2 unspecified atom stereocenters. The summed E-state index contributed by atoms with van der Waals surface area (Å²) in [6, 6.07) is 12.5. The number of halogens is 1. The maximum atomic E-state index is 6.43. The van der Waals surface area contributed by atoms with Gasteiger partial charge in [-0.05, 0) is 78.8 Å². The van der Waals surface area contributed by atoms with Crippen LogP contribution in [0.5, 0.6) is 11.5 Å². The SMILES string of the molecule is COc1ccc2c(c1)C(=CCCN1CCC3(CC1)OCCc1cc(Cl)ccc13)C1C=CC=NC1CO2. The molecule has 5 nitrogen and oxygen atoms in total. The second-order valence-corrected chi connectivity index (χ2v) is 10.6. The molecule has 1 spiro atoms. The molecule has 0 amide bonds. The van der Waals surface area contributed by atoms with Crippen LogP contribution >= 0.6 is 11.6 Å². The van der Waals surface area contributed by atoms with Gasteiger partial charge in [0.2, 0.25) is 0 Å². The van der Waals surface area contributed by atoms with Crippen molar-refractivity contribution in [2.45, 2.75) is 37.3 Å². The van der Waals surface area contributed by atoms with E-state index in [1.165, 1.54) is 16.7 Å². The first kappa shape index (κ1) is 23.8. The Morgan fingerprint density at radius 1 is 1.19 bits per heavy atom. The minimum absolute atomic E-state index is 0.103. The highest BCUT2D eigenvalue weighted by atomic mass is 35.5. The van der Waals surface area contributed by atoms with Gasteiger partial charge in [-0.3, -0.25) is 4.99 Å². The van der Waals surface area contributed by atoms with Gasteiger partial charge in [0.15, 0.2) is 0 Å². The van der Waals surface area contributed by atoms with Crippen LogP contribution in [0.15, 0.2) is 59.6 Å². The first-order valence-electron chi connectivity index (χ1n) is 13.0. The number of hydrogen-bond acceptors (Lipinski definition) is 5. The molecular formula is C30H33ClN2O3. The Morgan fingerprint density at radius 2 is 2.08 bits per heavy atom. The van der Waals surface area contributed by atoms with Gasteiger partial charge < -0.3 is 19.1 Å². The fourth-order valence-electron chi connectivity index (χ4n) is 6.20. The van der Waals surface area contributed by atoms with Crippen molar-refractivity contribution in [3.63, 3.8) is 0 Å². The van der Waals surface area contributed by atoms with Crippen molar-refractivity contribution in [3.05, 3.63) is 76.3 Å². The van der Waals surface area contributed by atoms with Crippen molar-refractivity contribution in [3.8, 4) is 11.5 Å². The number of ether oxygens (including phenoxy) is 3. The minimum atomic E-state index is -0.153. The summed E-state index contributed by atoms with van der Waals surface area (Å²) in [4.78, 5) is 7.29. The topological polar surface area (TPSA) is 43.3 Å². The number of likely N-dealkylation sites (tertiary alicyclic amines) is 1. The maximum Gasteiger partial charge on any atom is 0.127 e. The molecular weight excluding hydrogens is 472 g/mol. The standard InChI is InChI=1S/C30H33ClN2O3/c1-34-23-7-9-29-26(19-23)24(25-4-2-13-32-28(25)20-35-29)5-3-14-33-15-11-30(12-16-33)27-8-6-22(31)18-21(27)10-17-36-30/h2,4-9,13,18-19,25,28H,3,10-12,14-17,20H2,1H3. The van der Waals surface area contributed by atoms with Crippen LogP contribution in [0, 0.1) is 5.92 Å². The third kappa shape index (κ3) is 4.49. The number of rotatable bonds is 4. The van der Waals surface area contributed by atoms with E-state index >= 15 is 0 Å². The van der Waals surface area contributed by atoms with Gasteiger partial charge in [0.1, 0.15) is 18.1 Å². The molecule has 2 atom stereocenters. The van der Waals surface area contributed by atoms with E-state index in [-0.39, 0.29) is 17.6 Å². The molecule has 188 valence electrons. The van der Waals surface area contributed by atoms with Crippen LogP contribution in [0.4, 0.5) is 0 Å². The number of fused-ring (bicyclic) bond motifs is 4. The van der Waals surface area contributed by atoms with Gasteiger partial charge in [-0.2, -0.15) is 0 Å². The molecule has 2 aromatic rings. The van der Waals surface area contributed by atoms with E-state index < -0.39 is 0 Å². The number of dihydropyridines is 1. The van der Waals surface area contributed by atoms with Crippen molar-refractivity contribution in [2.24, 2.45) is 10.9 Å². The summed E-state index contributed by atoms with van der Waals surface area (Å²) in [5.74, 6) is 1.97. The van der Waals surface area contributed by atoms with Gasteiger partial charge >= 0.3 is 0 Å². The number of allylic oxidation sites excluding steroid dienone is 1. The monoisotopic (exact) mass is 504 g/mol. The molecule has 1 fully saturated rings. The summed E-state index contributed by atoms with van der Waals surface area (Å²) < 4.78 is 18.1. The van der Waals surface area contributed by atoms with E-state index in [2.05, 4.69) is 41.3 Å². The molecule has 6 heteroatoms. The smallest absolute Gasteiger partial charge is 0.127 e. The van der Waals surface area contributed by atoms with Crippen LogP contribution in [0.3, 0.4) is 0 Å². The van der Waals surface area contributed by atoms with E-state index in [9.17, 15) is 0 Å². The lowest BCUT2D eigenvalue weighted by atomic mass is 9.79. The highest BCUT2D eigenvalue weighted by molar-refractivity contribution is 6.30. The lowest BCUT2D eigenvalue weighted by Gasteiger charge is -2.45. The van der Waals surface area contributed by atoms with Crippen LogP contribution < -0.4 is 9.47 Å². The summed E-state index contributed by atoms with van der Waals surface area (Å²) >= 11 is 6.27. The van der Waals surface area contributed by atoms with Crippen molar-refractivity contribution < 1.29 is 14.2 Å². The van der Waals surface area contributed by atoms with Crippen molar-refractivity contribution in [1.29, 1.82) is 0 Å². The second-order valence-electron chi connectivity index (χ2n) is 10.1. The van der Waals surface area contributed by atoms with Gasteiger partial charge in [-0.1, -0.05) is 29.8 Å². The van der Waals surface area contributed by atoms with Crippen LogP contribution in [0.1, 0.15) is 36.0 Å². The number of piperidine rings is 1. The molecule has 0 radical (unpaired) electrons. The van der Waals surface area contributed by atoms with E-state index in [1.54, 1.807) is 7.11 Å². The summed E-state index contributed by atoms with van der Waals surface area (Å²) in [7, 11) is 1.71. The van der Waals surface area contributed by atoms with Crippen molar-refractivity contribution in [1.82, 2.24) is 4.90 Å². The minimum Gasteiger partial charge on any atom is -0.497 e. The largest absolute Gasteiger partial charge is 0.497 e. The average Bonchev–Trinajstić information content (AvgIpc) is 3.06. The first-order valence-corrected chi connectivity index (χ1v) is 13.4. The maximum absolute atomic E-state index is 6.43. The van der Waals surface area contributed by atoms with Crippen molar-refractivity contribution >= 4 is 23.4 Å². The number of methoxy groups -OCH3 is 1. The zero-order chi connectivity index (χ0) is 24.5. The van der Waals surface area contributed by atoms with Crippen LogP contribution in [0.2, 0.25) is 5.02 Å². The van der Waals surface area contributed by atoms with Crippen LogP contribution in [-0.2, 0) is 16.8 Å². The van der Waals surface area contributed by atoms with Crippen LogP contribution in [0.25, 0.3) is 5.57 Å². The van der Waals surface area contributed by atoms with E-state index in [4.69, 9.17) is 30.8 Å². The average molecular weight is 505 g/mol. The Morgan fingerprint density at radius 3 is 2.94 bits per heavy atom. The van der Waals surface area contributed by atoms with Gasteiger partial charge in [0.05, 0.1) is 25.4 Å². The van der Waals surface area contributed by atoms with E-state index in [0.29, 0.717) is 6.61 Å². The number of nitrogens with zero attached hydrogens (tertiary/aromatic N) is 2. The molecule has 4 heterocycles. The third-order valence-corrected chi connectivity index (χ3v) is 8.38. The third-order valence-electron chi connectivity index (χ3n) is 8.14. The quantitative estimate of drug-likeness (QED) is 0.535. The zero-order valence-electron chi connectivity index (χ0n) is 20.8. The predicted molar refractivity (Wildman–Crippen MR) is 144 cm³/mol. The molecule has 4 aliphatic heterocycles. The lowest BCUT2D eigenvalue weighted by molar-refractivity contribution is -0.0976. The fraction of sp³-hybridized carbons (Fsp3) is 0.433. The lowest BCUT2D eigenvalue weighted by Crippen LogP contribution is -2.46. The molecule has 0 bridgehead atoms. The Kier molecular flexibility index (Phi) is 6.63. The van der Waals surface area contributed by atoms with Gasteiger partial charge in [0.25, 0.3) is 0 Å². The molecule has 1 saturated heterocycles. The predicted octanol–water partition coefficient (Wildman–Crippen LogP) is 5.70. The highest BCUT2D eigenvalue weighted by Gasteiger charge is 2.40. The molecule has 2 aromatic carbocycles. The number of aliphatic imine (C=N–C) groups is 1. The molecule has 0 aromatic heterocycles. The van der Waals surface area contributed by atoms with Crippen LogP contribution in [-0.4, -0.2) is 57.1 Å². The zero-order valence-corrected chi connectivity index (χ0v) is 21.5. The summed E-state index contributed by atoms with van der Waals surface area (Å²) in [6.07, 6.45) is 12.6. The molecule has 36 heavy (non-hydrogen) atoms. The summed E-state index contributed by atoms with van der Waals surface area (Å²) in [5.41, 5.74) is 4.95. The van der Waals surface area contributed by atoms with Gasteiger partial charge in [-0.25, -0.2) is 0 Å². The molecule has 0 N–H and O–H groups in total. The number of hydrogen-bond donors (Lipinski definition) is 0. The second kappa shape index (κ2) is 10.0. The Hall–Kier alpha value is -2.60. The first-order chi connectivity index (χ1) is 17.6. The van der Waals surface area contributed by atoms with Crippen molar-refractivity contribution in [2.75, 3.05) is 40.0 Å². The fourth-order valence-corrected chi connectivity index (χ4v) is 6.39. The molecule has 4 aliphatic rings. The molecule has 0 saturated carbocycles. The molecule has 6 rings (SSSR count). The highest BCUT2D eigenvalue weighted by Crippen LogP contribution is 2.43. The Labute approximate surface area is 218 Å².